The van der Waals surface area contributed by atoms with Crippen molar-refractivity contribution in [3.05, 3.63) is 38.3 Å². The second-order valence-corrected chi connectivity index (χ2v) is 3.27. The number of benzene rings is 1. The van der Waals surface area contributed by atoms with Gasteiger partial charge in [-0.1, -0.05) is 0 Å². The van der Waals surface area contributed by atoms with Crippen LogP contribution in [0.4, 0.5) is 18.9 Å². The number of nitro benzene ring substituents is 1. The lowest BCUT2D eigenvalue weighted by Gasteiger charge is -2.07. The molecule has 0 spiro atoms. The Hall–Kier alpha value is -1.11. The van der Waals surface area contributed by atoms with Gasteiger partial charge in [0.15, 0.2) is 0 Å². The lowest BCUT2D eigenvalue weighted by atomic mass is 10.2. The molecule has 0 aliphatic heterocycles. The molecule has 14 heavy (non-hydrogen) atoms. The molecule has 1 aromatic rings. The van der Waals surface area contributed by atoms with Crippen LogP contribution in [0.25, 0.3) is 0 Å². The fourth-order valence-corrected chi connectivity index (χ4v) is 1.44. The highest BCUT2D eigenvalue weighted by Crippen LogP contribution is 2.36. The van der Waals surface area contributed by atoms with Gasteiger partial charge in [-0.2, -0.15) is 13.2 Å². The Bertz CT molecular complexity index is 378. The second kappa shape index (κ2) is 3.56. The van der Waals surface area contributed by atoms with Crippen molar-refractivity contribution in [1.29, 1.82) is 0 Å². The van der Waals surface area contributed by atoms with Gasteiger partial charge in [0.25, 0.3) is 5.69 Å². The average Bonchev–Trinajstić information content (AvgIpc) is 2.01. The Labute approximate surface area is 84.8 Å². The van der Waals surface area contributed by atoms with Crippen LogP contribution in [0.1, 0.15) is 5.56 Å². The molecule has 0 N–H and O–H groups in total. The molecule has 7 heteroatoms. The highest BCUT2D eigenvalue weighted by molar-refractivity contribution is 9.10. The fraction of sp³-hybridized carbons (Fsp3) is 0.143. The molecule has 0 saturated heterocycles. The Balaban J connectivity index is 3.21. The smallest absolute Gasteiger partial charge is 0.258 e. The fourth-order valence-electron chi connectivity index (χ4n) is 0.847. The molecule has 0 fully saturated rings. The van der Waals surface area contributed by atoms with Crippen molar-refractivity contribution in [3.8, 4) is 0 Å². The molecule has 1 rings (SSSR count). The number of nitro groups is 1. The van der Waals surface area contributed by atoms with Crippen LogP contribution >= 0.6 is 15.9 Å². The van der Waals surface area contributed by atoms with Gasteiger partial charge in [-0.05, 0) is 22.0 Å². The first-order valence-corrected chi connectivity index (χ1v) is 4.13. The van der Waals surface area contributed by atoms with Gasteiger partial charge in [-0.25, -0.2) is 0 Å². The summed E-state index contributed by atoms with van der Waals surface area (Å²) in [4.78, 5) is 9.46. The average molecular weight is 270 g/mol. The van der Waals surface area contributed by atoms with E-state index in [1.807, 2.05) is 0 Å². The summed E-state index contributed by atoms with van der Waals surface area (Å²) in [7, 11) is 0. The van der Waals surface area contributed by atoms with E-state index in [-0.39, 0.29) is 10.2 Å². The Morgan fingerprint density at radius 1 is 1.36 bits per heavy atom. The summed E-state index contributed by atoms with van der Waals surface area (Å²) >= 11 is 2.63. The van der Waals surface area contributed by atoms with Crippen molar-refractivity contribution in [2.24, 2.45) is 0 Å². The summed E-state index contributed by atoms with van der Waals surface area (Å²) in [5.74, 6) is 0. The first-order chi connectivity index (χ1) is 6.32. The monoisotopic (exact) mass is 269 g/mol. The highest BCUT2D eigenvalue weighted by Gasteiger charge is 2.33. The third-order valence-electron chi connectivity index (χ3n) is 1.47. The van der Waals surface area contributed by atoms with E-state index in [4.69, 9.17) is 0 Å². The van der Waals surface area contributed by atoms with Crippen LogP contribution in [-0.2, 0) is 6.18 Å². The van der Waals surface area contributed by atoms with Crippen LogP contribution in [0.5, 0.6) is 0 Å². The van der Waals surface area contributed by atoms with Gasteiger partial charge < -0.3 is 0 Å². The molecule has 0 aromatic heterocycles. The van der Waals surface area contributed by atoms with E-state index < -0.39 is 16.7 Å². The van der Waals surface area contributed by atoms with E-state index in [1.165, 1.54) is 0 Å². The highest BCUT2D eigenvalue weighted by atomic mass is 79.9. The lowest BCUT2D eigenvalue weighted by molar-refractivity contribution is -0.385. The number of hydrogen-bond acceptors (Lipinski definition) is 2. The minimum atomic E-state index is -4.51. The van der Waals surface area contributed by atoms with Gasteiger partial charge in [0.1, 0.15) is 0 Å². The van der Waals surface area contributed by atoms with Crippen molar-refractivity contribution in [2.45, 2.75) is 6.18 Å². The molecule has 3 nitrogen and oxygen atoms in total. The SMILES string of the molecule is O=[N+]([O-])c1ccc(C(F)(F)F)c(Br)c1. The summed E-state index contributed by atoms with van der Waals surface area (Å²) < 4.78 is 36.2. The van der Waals surface area contributed by atoms with E-state index in [1.54, 1.807) is 0 Å². The predicted octanol–water partition coefficient (Wildman–Crippen LogP) is 3.38. The molecule has 0 bridgehead atoms. The molecule has 0 heterocycles. The number of halogens is 4. The lowest BCUT2D eigenvalue weighted by Crippen LogP contribution is -2.06. The van der Waals surface area contributed by atoms with E-state index in [0.717, 1.165) is 12.1 Å². The first kappa shape index (κ1) is 11.0. The Morgan fingerprint density at radius 3 is 2.29 bits per heavy atom. The standard InChI is InChI=1S/C7H3BrF3NO2/c8-6-3-4(12(13)14)1-2-5(6)7(9,10)11/h1-3H. The molecule has 0 aliphatic carbocycles. The number of nitrogens with zero attached hydrogens (tertiary/aromatic N) is 1. The molecule has 0 aliphatic rings. The zero-order valence-corrected chi connectivity index (χ0v) is 8.09. The minimum Gasteiger partial charge on any atom is -0.258 e. The normalized spacial score (nSPS) is 11.4. The summed E-state index contributed by atoms with van der Waals surface area (Å²) in [6.07, 6.45) is -4.51. The van der Waals surface area contributed by atoms with Crippen molar-refractivity contribution in [3.63, 3.8) is 0 Å². The number of non-ortho nitro benzene ring substituents is 1. The molecular formula is C7H3BrF3NO2. The quantitative estimate of drug-likeness (QED) is 0.580. The summed E-state index contributed by atoms with van der Waals surface area (Å²) in [5, 5.41) is 10.2. The zero-order valence-electron chi connectivity index (χ0n) is 6.51. The van der Waals surface area contributed by atoms with E-state index >= 15 is 0 Å². The van der Waals surface area contributed by atoms with Gasteiger partial charge in [-0.15, -0.1) is 0 Å². The topological polar surface area (TPSA) is 43.1 Å². The predicted molar refractivity (Wildman–Crippen MR) is 45.8 cm³/mol. The summed E-state index contributed by atoms with van der Waals surface area (Å²) in [5.41, 5.74) is -1.31. The van der Waals surface area contributed by atoms with Crippen LogP contribution < -0.4 is 0 Å². The molecule has 0 amide bonds. The number of alkyl halides is 3. The van der Waals surface area contributed by atoms with E-state index in [0.29, 0.717) is 6.07 Å². The van der Waals surface area contributed by atoms with Crippen LogP contribution in [0.2, 0.25) is 0 Å². The molecule has 0 saturated carbocycles. The Kier molecular flexibility index (Phi) is 2.79. The molecule has 0 radical (unpaired) electrons. The molecule has 0 atom stereocenters. The summed E-state index contributed by atoms with van der Waals surface area (Å²) in [6.45, 7) is 0. The molecule has 0 unspecified atom stereocenters. The van der Waals surface area contributed by atoms with Gasteiger partial charge in [0, 0.05) is 16.6 Å². The van der Waals surface area contributed by atoms with Crippen molar-refractivity contribution in [2.75, 3.05) is 0 Å². The minimum absolute atomic E-state index is 0.334. The van der Waals surface area contributed by atoms with Crippen molar-refractivity contribution in [1.82, 2.24) is 0 Å². The van der Waals surface area contributed by atoms with Gasteiger partial charge in [0.2, 0.25) is 0 Å². The van der Waals surface area contributed by atoms with Gasteiger partial charge in [-0.3, -0.25) is 10.1 Å². The largest absolute Gasteiger partial charge is 0.417 e. The number of rotatable bonds is 1. The zero-order chi connectivity index (χ0) is 10.9. The second-order valence-electron chi connectivity index (χ2n) is 2.42. The van der Waals surface area contributed by atoms with Gasteiger partial charge in [0.05, 0.1) is 10.5 Å². The van der Waals surface area contributed by atoms with E-state index in [2.05, 4.69) is 15.9 Å². The Morgan fingerprint density at radius 2 is 1.93 bits per heavy atom. The van der Waals surface area contributed by atoms with Crippen LogP contribution in [0.15, 0.2) is 22.7 Å². The summed E-state index contributed by atoms with van der Waals surface area (Å²) in [6, 6.07) is 2.30. The van der Waals surface area contributed by atoms with Crippen molar-refractivity contribution < 1.29 is 18.1 Å². The maximum Gasteiger partial charge on any atom is 0.417 e. The van der Waals surface area contributed by atoms with E-state index in [9.17, 15) is 23.3 Å². The maximum absolute atomic E-state index is 12.2. The molecule has 76 valence electrons. The number of hydrogen-bond donors (Lipinski definition) is 0. The van der Waals surface area contributed by atoms with Crippen LogP contribution in [0, 0.1) is 10.1 Å². The van der Waals surface area contributed by atoms with Crippen LogP contribution in [-0.4, -0.2) is 4.92 Å². The van der Waals surface area contributed by atoms with Crippen LogP contribution in [0.3, 0.4) is 0 Å². The maximum atomic E-state index is 12.2. The third kappa shape index (κ3) is 2.22. The third-order valence-corrected chi connectivity index (χ3v) is 2.12. The van der Waals surface area contributed by atoms with Gasteiger partial charge >= 0.3 is 6.18 Å². The van der Waals surface area contributed by atoms with Crippen molar-refractivity contribution >= 4 is 21.6 Å². The molecular weight excluding hydrogens is 267 g/mol. The first-order valence-electron chi connectivity index (χ1n) is 3.33. The molecule has 1 aromatic carbocycles.